The average Bonchev–Trinajstić information content (AvgIpc) is 2.72. The van der Waals surface area contributed by atoms with Crippen LogP contribution in [0.3, 0.4) is 0 Å². The molecule has 108 valence electrons. The number of carbonyl (C=O) groups is 1. The van der Waals surface area contributed by atoms with Crippen LogP contribution in [0.2, 0.25) is 0 Å². The van der Waals surface area contributed by atoms with Gasteiger partial charge in [0, 0.05) is 13.6 Å². The molecule has 1 aromatic carbocycles. The fourth-order valence-corrected chi connectivity index (χ4v) is 2.59. The van der Waals surface area contributed by atoms with Crippen LogP contribution in [0.15, 0.2) is 12.1 Å². The summed E-state index contributed by atoms with van der Waals surface area (Å²) in [5.41, 5.74) is 1.89. The first-order valence-electron chi connectivity index (χ1n) is 6.52. The third-order valence-corrected chi connectivity index (χ3v) is 3.89. The number of hydrogen-bond acceptors (Lipinski definition) is 2. The Morgan fingerprint density at radius 3 is 2.80 bits per heavy atom. The van der Waals surface area contributed by atoms with E-state index >= 15 is 0 Å². The molecule has 1 amide bonds. The summed E-state index contributed by atoms with van der Waals surface area (Å²) in [6.07, 6.45) is 0. The van der Waals surface area contributed by atoms with Gasteiger partial charge in [0.25, 0.3) is 0 Å². The number of aromatic amines is 1. The van der Waals surface area contributed by atoms with E-state index in [4.69, 9.17) is 12.2 Å². The molecule has 2 rings (SSSR count). The first-order chi connectivity index (χ1) is 9.36. The molecule has 0 radical (unpaired) electrons. The SMILES string of the molecule is CCN(C)C(=O)C(C)n1c(=S)[nH]c2cc(F)c(C)cc21. The second kappa shape index (κ2) is 5.36. The maximum atomic E-state index is 13.6. The summed E-state index contributed by atoms with van der Waals surface area (Å²) in [7, 11) is 1.75. The molecular weight excluding hydrogens is 277 g/mol. The van der Waals surface area contributed by atoms with Crippen molar-refractivity contribution in [3.63, 3.8) is 0 Å². The van der Waals surface area contributed by atoms with Gasteiger partial charge in [0.2, 0.25) is 5.91 Å². The number of fused-ring (bicyclic) bond motifs is 1. The standard InChI is InChI=1S/C14H18FN3OS/c1-5-17(4)13(19)9(3)18-12-6-8(2)10(15)7-11(12)16-14(18)20/h6-7,9H,5H2,1-4H3,(H,16,20). The van der Waals surface area contributed by atoms with Crippen molar-refractivity contribution in [1.29, 1.82) is 0 Å². The molecule has 1 aromatic heterocycles. The smallest absolute Gasteiger partial charge is 0.245 e. The van der Waals surface area contributed by atoms with E-state index < -0.39 is 6.04 Å². The molecule has 20 heavy (non-hydrogen) atoms. The third kappa shape index (κ3) is 2.35. The minimum absolute atomic E-state index is 0.0218. The van der Waals surface area contributed by atoms with Gasteiger partial charge in [-0.25, -0.2) is 4.39 Å². The van der Waals surface area contributed by atoms with Crippen molar-refractivity contribution in [2.24, 2.45) is 0 Å². The first kappa shape index (κ1) is 14.7. The Kier molecular flexibility index (Phi) is 3.94. The number of aryl methyl sites for hydroxylation is 1. The Morgan fingerprint density at radius 2 is 2.20 bits per heavy atom. The molecule has 4 nitrogen and oxygen atoms in total. The van der Waals surface area contributed by atoms with Crippen LogP contribution in [-0.2, 0) is 4.79 Å². The zero-order valence-electron chi connectivity index (χ0n) is 12.0. The molecule has 1 unspecified atom stereocenters. The maximum Gasteiger partial charge on any atom is 0.245 e. The molecule has 0 aliphatic heterocycles. The zero-order valence-corrected chi connectivity index (χ0v) is 12.8. The van der Waals surface area contributed by atoms with Crippen molar-refractivity contribution in [2.45, 2.75) is 26.8 Å². The number of rotatable bonds is 3. The van der Waals surface area contributed by atoms with Crippen LogP contribution >= 0.6 is 12.2 Å². The van der Waals surface area contributed by atoms with Crippen molar-refractivity contribution in [2.75, 3.05) is 13.6 Å². The summed E-state index contributed by atoms with van der Waals surface area (Å²) in [6.45, 7) is 6.04. The molecule has 1 N–H and O–H groups in total. The van der Waals surface area contributed by atoms with Gasteiger partial charge < -0.3 is 14.5 Å². The normalized spacial score (nSPS) is 12.7. The van der Waals surface area contributed by atoms with Gasteiger partial charge in [-0.1, -0.05) is 0 Å². The predicted molar refractivity (Wildman–Crippen MR) is 79.8 cm³/mol. The van der Waals surface area contributed by atoms with Crippen LogP contribution in [0.4, 0.5) is 4.39 Å². The molecule has 0 fully saturated rings. The number of halogens is 1. The van der Waals surface area contributed by atoms with Crippen LogP contribution in [0.25, 0.3) is 11.0 Å². The lowest BCUT2D eigenvalue weighted by atomic mass is 10.2. The van der Waals surface area contributed by atoms with Crippen molar-refractivity contribution >= 4 is 29.2 Å². The molecular formula is C14H18FN3OS. The number of imidazole rings is 1. The highest BCUT2D eigenvalue weighted by molar-refractivity contribution is 7.71. The second-order valence-electron chi connectivity index (χ2n) is 4.95. The van der Waals surface area contributed by atoms with E-state index in [1.54, 1.807) is 36.4 Å². The predicted octanol–water partition coefficient (Wildman–Crippen LogP) is 3.19. The highest BCUT2D eigenvalue weighted by Crippen LogP contribution is 2.23. The number of aromatic nitrogens is 2. The maximum absolute atomic E-state index is 13.6. The van der Waals surface area contributed by atoms with Crippen molar-refractivity contribution in [3.05, 3.63) is 28.3 Å². The van der Waals surface area contributed by atoms with Crippen LogP contribution in [-0.4, -0.2) is 34.0 Å². The Balaban J connectivity index is 2.59. The van der Waals surface area contributed by atoms with E-state index in [1.165, 1.54) is 6.07 Å². The molecule has 0 saturated heterocycles. The molecule has 0 aliphatic rings. The minimum Gasteiger partial charge on any atom is -0.344 e. The topological polar surface area (TPSA) is 41.0 Å². The van der Waals surface area contributed by atoms with E-state index in [-0.39, 0.29) is 11.7 Å². The van der Waals surface area contributed by atoms with Crippen molar-refractivity contribution < 1.29 is 9.18 Å². The number of amides is 1. The summed E-state index contributed by atoms with van der Waals surface area (Å²) in [5.74, 6) is -0.308. The number of nitrogens with zero attached hydrogens (tertiary/aromatic N) is 2. The summed E-state index contributed by atoms with van der Waals surface area (Å²) in [5, 5.41) is 0. The van der Waals surface area contributed by atoms with E-state index in [2.05, 4.69) is 4.98 Å². The number of nitrogens with one attached hydrogen (secondary N) is 1. The highest BCUT2D eigenvalue weighted by atomic mass is 32.1. The van der Waals surface area contributed by atoms with Gasteiger partial charge in [0.05, 0.1) is 11.0 Å². The van der Waals surface area contributed by atoms with E-state index in [1.807, 2.05) is 6.92 Å². The van der Waals surface area contributed by atoms with Crippen LogP contribution < -0.4 is 0 Å². The summed E-state index contributed by atoms with van der Waals surface area (Å²) >= 11 is 5.27. The molecule has 6 heteroatoms. The Labute approximate surface area is 122 Å². The molecule has 2 aromatic rings. The highest BCUT2D eigenvalue weighted by Gasteiger charge is 2.21. The lowest BCUT2D eigenvalue weighted by Gasteiger charge is -2.21. The number of likely N-dealkylation sites (N-methyl/N-ethyl adjacent to an activating group) is 1. The van der Waals surface area contributed by atoms with Crippen LogP contribution in [0, 0.1) is 17.5 Å². The lowest BCUT2D eigenvalue weighted by Crippen LogP contribution is -2.32. The number of carbonyl (C=O) groups excluding carboxylic acids is 1. The Hall–Kier alpha value is -1.69. The molecule has 0 bridgehead atoms. The minimum atomic E-state index is -0.425. The average molecular weight is 295 g/mol. The van der Waals surface area contributed by atoms with Crippen molar-refractivity contribution in [3.8, 4) is 0 Å². The van der Waals surface area contributed by atoms with Gasteiger partial charge >= 0.3 is 0 Å². The summed E-state index contributed by atoms with van der Waals surface area (Å²) in [6, 6.07) is 2.70. The van der Waals surface area contributed by atoms with Gasteiger partial charge in [0.15, 0.2) is 4.77 Å². The van der Waals surface area contributed by atoms with Crippen molar-refractivity contribution in [1.82, 2.24) is 14.5 Å². The second-order valence-corrected chi connectivity index (χ2v) is 5.33. The lowest BCUT2D eigenvalue weighted by molar-refractivity contribution is -0.132. The summed E-state index contributed by atoms with van der Waals surface area (Å²) < 4.78 is 15.8. The molecule has 0 spiro atoms. The van der Waals surface area contributed by atoms with E-state index in [9.17, 15) is 9.18 Å². The number of H-pyrrole nitrogens is 1. The zero-order chi connectivity index (χ0) is 15.0. The largest absolute Gasteiger partial charge is 0.344 e. The summed E-state index contributed by atoms with van der Waals surface area (Å²) in [4.78, 5) is 16.9. The fraction of sp³-hybridized carbons (Fsp3) is 0.429. The monoisotopic (exact) mass is 295 g/mol. The molecule has 1 heterocycles. The van der Waals surface area contributed by atoms with Crippen LogP contribution in [0.5, 0.6) is 0 Å². The van der Waals surface area contributed by atoms with E-state index in [0.717, 1.165) is 5.52 Å². The van der Waals surface area contributed by atoms with Gasteiger partial charge in [0.1, 0.15) is 11.9 Å². The van der Waals surface area contributed by atoms with Crippen LogP contribution in [0.1, 0.15) is 25.5 Å². The van der Waals surface area contributed by atoms with Gasteiger partial charge in [-0.15, -0.1) is 0 Å². The Morgan fingerprint density at radius 1 is 1.55 bits per heavy atom. The number of benzene rings is 1. The Bertz CT molecular complexity index is 719. The number of hydrogen-bond donors (Lipinski definition) is 1. The molecule has 0 saturated carbocycles. The third-order valence-electron chi connectivity index (χ3n) is 3.59. The molecule has 0 aliphatic carbocycles. The van der Waals surface area contributed by atoms with E-state index in [0.29, 0.717) is 22.4 Å². The quantitative estimate of drug-likeness (QED) is 0.884. The fourth-order valence-electron chi connectivity index (χ4n) is 2.22. The molecule has 1 atom stereocenters. The van der Waals surface area contributed by atoms with Gasteiger partial charge in [-0.3, -0.25) is 4.79 Å². The van der Waals surface area contributed by atoms with Gasteiger partial charge in [-0.2, -0.15) is 0 Å². The first-order valence-corrected chi connectivity index (χ1v) is 6.93. The van der Waals surface area contributed by atoms with Gasteiger partial charge in [-0.05, 0) is 50.7 Å².